The van der Waals surface area contributed by atoms with Gasteiger partial charge in [0.2, 0.25) is 23.6 Å². The SMILES string of the molecule is Cc1ncsc1-c1ccc([C@H](C)NC(=O)[C@H]2C[C@H](O)CN2C(=O)[C@@H](NC(=O)COc2ccc(O[C@H]3C[C@H](NC(=O)C[C@@H]4N=C(c5ccc(Cl)cc5)c5c(sc(C)c5C)-n5c(C)nnc54)C3)nc2)C(C)(C)C)cc1. The van der Waals surface area contributed by atoms with Crippen molar-refractivity contribution in [3.8, 4) is 27.1 Å². The van der Waals surface area contributed by atoms with Gasteiger partial charge >= 0.3 is 0 Å². The summed E-state index contributed by atoms with van der Waals surface area (Å²) in [5, 5.41) is 30.2. The van der Waals surface area contributed by atoms with Gasteiger partial charge in [-0.25, -0.2) is 9.97 Å². The minimum absolute atomic E-state index is 0.0471. The third kappa shape index (κ3) is 11.2. The van der Waals surface area contributed by atoms with Gasteiger partial charge in [-0.15, -0.1) is 32.9 Å². The Morgan fingerprint density at radius 1 is 0.904 bits per heavy atom. The molecule has 6 heterocycles. The molecule has 1 saturated heterocycles. The Morgan fingerprint density at radius 2 is 1.63 bits per heavy atom. The highest BCUT2D eigenvalue weighted by atomic mass is 35.5. The Bertz CT molecular complexity index is 3050. The van der Waals surface area contributed by atoms with Crippen LogP contribution in [0.2, 0.25) is 5.02 Å². The van der Waals surface area contributed by atoms with Gasteiger partial charge in [0.05, 0.1) is 46.6 Å². The zero-order valence-corrected chi connectivity index (χ0v) is 44.3. The van der Waals surface area contributed by atoms with Crippen LogP contribution in [-0.2, 0) is 19.2 Å². The summed E-state index contributed by atoms with van der Waals surface area (Å²) in [4.78, 5) is 72.4. The predicted octanol–water partition coefficient (Wildman–Crippen LogP) is 7.49. The summed E-state index contributed by atoms with van der Waals surface area (Å²) >= 11 is 9.49. The second-order valence-electron chi connectivity index (χ2n) is 20.1. The van der Waals surface area contributed by atoms with E-state index in [4.69, 9.17) is 26.1 Å². The van der Waals surface area contributed by atoms with Gasteiger partial charge < -0.3 is 35.4 Å². The third-order valence-corrected chi connectivity index (χ3v) is 16.0. The third-order valence-electron chi connectivity index (χ3n) is 13.6. The number of thiazole rings is 1. The molecule has 4 N–H and O–H groups in total. The fourth-order valence-electron chi connectivity index (χ4n) is 9.43. The summed E-state index contributed by atoms with van der Waals surface area (Å²) in [5.74, 6) is 0.432. The number of benzene rings is 2. The molecule has 2 aliphatic heterocycles. The molecule has 20 heteroatoms. The lowest BCUT2D eigenvalue weighted by atomic mass is 9.85. The summed E-state index contributed by atoms with van der Waals surface area (Å²) < 4.78 is 13.9. The molecule has 1 saturated carbocycles. The van der Waals surface area contributed by atoms with E-state index in [1.54, 1.807) is 34.8 Å². The zero-order valence-electron chi connectivity index (χ0n) is 41.9. The Hall–Kier alpha value is -6.54. The fraction of sp³-hybridized carbons (Fsp3) is 0.415. The monoisotopic (exact) mass is 1050 g/mol. The number of nitrogens with one attached hydrogen (secondary N) is 3. The number of aliphatic imine (C=N–C) groups is 1. The quantitative estimate of drug-likeness (QED) is 0.0791. The van der Waals surface area contributed by atoms with Crippen molar-refractivity contribution in [1.29, 1.82) is 0 Å². The Kier molecular flexibility index (Phi) is 14.9. The molecule has 1 aliphatic carbocycles. The average Bonchev–Trinajstić information content (AvgIpc) is 4.11. The van der Waals surface area contributed by atoms with Gasteiger partial charge in [-0.2, -0.15) is 0 Å². The number of carbonyl (C=O) groups excluding carboxylic acids is 4. The van der Waals surface area contributed by atoms with Crippen LogP contribution in [0.25, 0.3) is 15.4 Å². The normalized spacial score (nSPS) is 20.1. The summed E-state index contributed by atoms with van der Waals surface area (Å²) in [7, 11) is 0. The molecule has 0 unspecified atom stereocenters. The predicted molar refractivity (Wildman–Crippen MR) is 280 cm³/mol. The van der Waals surface area contributed by atoms with Crippen LogP contribution in [0.5, 0.6) is 11.6 Å². The first-order chi connectivity index (χ1) is 34.8. The van der Waals surface area contributed by atoms with Crippen LogP contribution < -0.4 is 25.4 Å². The number of hydrogen-bond donors (Lipinski definition) is 4. The van der Waals surface area contributed by atoms with Gasteiger partial charge in [-0.1, -0.05) is 68.8 Å². The van der Waals surface area contributed by atoms with Crippen LogP contribution in [0.15, 0.2) is 77.4 Å². The van der Waals surface area contributed by atoms with E-state index in [1.165, 1.54) is 11.1 Å². The first kappa shape index (κ1) is 51.4. The van der Waals surface area contributed by atoms with Crippen molar-refractivity contribution in [3.63, 3.8) is 0 Å². The number of halogens is 1. The number of ether oxygens (including phenoxy) is 2. The van der Waals surface area contributed by atoms with Crippen LogP contribution in [0, 0.1) is 33.1 Å². The van der Waals surface area contributed by atoms with Crippen LogP contribution in [0.3, 0.4) is 0 Å². The highest BCUT2D eigenvalue weighted by Gasteiger charge is 2.45. The van der Waals surface area contributed by atoms with Crippen LogP contribution in [0.4, 0.5) is 0 Å². The lowest BCUT2D eigenvalue weighted by molar-refractivity contribution is -0.144. The minimum atomic E-state index is -1.03. The standard InChI is InChI=1S/C53H59ClN10O7S2/c1-27-30(4)73-52-45(27)46(33-13-15-35(54)16-14-33)59-40(49-62-61-31(5)64(49)52)22-42(66)58-36-19-39(20-36)71-44-18-17-38(23-55-44)70-25-43(67)60-48(53(6,7)8)51(69)63-24-37(65)21-41(63)50(68)57-28(2)32-9-11-34(12-10-32)47-29(3)56-26-72-47/h9-18,23,26,28,36-37,39-41,48,65H,19-22,24-25H2,1-8H3,(H,57,68)(H,58,66)(H,60,67)/t28-,36-,37-,39-,40-,41+,48+/m0/s1. The van der Waals surface area contributed by atoms with Crippen molar-refractivity contribution in [3.05, 3.63) is 122 Å². The van der Waals surface area contributed by atoms with Crippen LogP contribution >= 0.6 is 34.3 Å². The van der Waals surface area contributed by atoms with E-state index in [0.717, 1.165) is 59.8 Å². The molecule has 6 aromatic rings. The number of aromatic nitrogens is 5. The first-order valence-corrected chi connectivity index (χ1v) is 26.4. The topological polar surface area (TPSA) is 215 Å². The number of hydrogen-bond acceptors (Lipinski definition) is 14. The number of likely N-dealkylation sites (tertiary alicyclic amines) is 1. The van der Waals surface area contributed by atoms with Gasteiger partial charge in [-0.3, -0.25) is 28.7 Å². The molecule has 5 atom stereocenters. The molecule has 0 radical (unpaired) electrons. The number of β-amino-alcohol motifs (C(OH)–C–C–N with tert-alkyl or cyclic N) is 1. The fourth-order valence-corrected chi connectivity index (χ4v) is 11.6. The average molecular weight is 1050 g/mol. The number of aliphatic hydroxyl groups is 1. The highest BCUT2D eigenvalue weighted by Crippen LogP contribution is 2.40. The number of nitrogens with zero attached hydrogens (tertiary/aromatic N) is 7. The van der Waals surface area contributed by atoms with Gasteiger partial charge in [0.1, 0.15) is 40.8 Å². The molecule has 4 aromatic heterocycles. The van der Waals surface area contributed by atoms with Crippen LogP contribution in [-0.4, -0.2) is 108 Å². The molecule has 0 bridgehead atoms. The van der Waals surface area contributed by atoms with Gasteiger partial charge in [-0.05, 0) is 74.9 Å². The number of aryl methyl sites for hydroxylation is 3. The van der Waals surface area contributed by atoms with Gasteiger partial charge in [0, 0.05) is 58.9 Å². The second kappa shape index (κ2) is 21.1. The van der Waals surface area contributed by atoms with Gasteiger partial charge in [0.15, 0.2) is 12.4 Å². The van der Waals surface area contributed by atoms with Crippen molar-refractivity contribution in [1.82, 2.24) is 45.6 Å². The molecule has 2 fully saturated rings. The lowest BCUT2D eigenvalue weighted by Gasteiger charge is -2.35. The Labute approximate surface area is 436 Å². The van der Waals surface area contributed by atoms with E-state index < -0.39 is 54.0 Å². The smallest absolute Gasteiger partial charge is 0.258 e. The summed E-state index contributed by atoms with van der Waals surface area (Å²) in [6, 6.07) is 15.7. The minimum Gasteiger partial charge on any atom is -0.482 e. The molecule has 3 aliphatic rings. The van der Waals surface area contributed by atoms with E-state index in [0.29, 0.717) is 35.3 Å². The van der Waals surface area contributed by atoms with E-state index in [-0.39, 0.29) is 43.5 Å². The molecule has 73 heavy (non-hydrogen) atoms. The lowest BCUT2D eigenvalue weighted by Crippen LogP contribution is -2.58. The number of carbonyl (C=O) groups is 4. The van der Waals surface area contributed by atoms with Crippen LogP contribution in [0.1, 0.15) is 110 Å². The molecule has 17 nitrogen and oxygen atoms in total. The summed E-state index contributed by atoms with van der Waals surface area (Å²) in [5.41, 5.74) is 7.73. The van der Waals surface area contributed by atoms with Crippen molar-refractivity contribution in [2.24, 2.45) is 10.4 Å². The maximum Gasteiger partial charge on any atom is 0.258 e. The number of aliphatic hydroxyl groups excluding tert-OH is 1. The Balaban J connectivity index is 0.750. The van der Waals surface area contributed by atoms with Crippen molar-refractivity contribution >= 4 is 63.6 Å². The molecule has 2 aromatic carbocycles. The van der Waals surface area contributed by atoms with E-state index in [1.807, 2.05) is 100 Å². The number of fused-ring (bicyclic) bond motifs is 3. The largest absolute Gasteiger partial charge is 0.482 e. The molecule has 4 amide bonds. The molecule has 9 rings (SSSR count). The van der Waals surface area contributed by atoms with Crippen molar-refractivity contribution in [2.75, 3.05) is 13.2 Å². The summed E-state index contributed by atoms with van der Waals surface area (Å²) in [6.07, 6.45) is 1.68. The Morgan fingerprint density at radius 3 is 2.30 bits per heavy atom. The van der Waals surface area contributed by atoms with E-state index in [9.17, 15) is 24.3 Å². The maximum absolute atomic E-state index is 14.2. The van der Waals surface area contributed by atoms with Crippen molar-refractivity contribution in [2.45, 2.75) is 123 Å². The number of pyridine rings is 1. The highest BCUT2D eigenvalue weighted by molar-refractivity contribution is 7.15. The number of amides is 4. The maximum atomic E-state index is 14.2. The van der Waals surface area contributed by atoms with E-state index >= 15 is 0 Å². The zero-order chi connectivity index (χ0) is 51.9. The molecular weight excluding hydrogens is 988 g/mol. The van der Waals surface area contributed by atoms with E-state index in [2.05, 4.69) is 50.0 Å². The molecule has 382 valence electrons. The van der Waals surface area contributed by atoms with Crippen molar-refractivity contribution < 1.29 is 33.8 Å². The molecule has 0 spiro atoms. The first-order valence-electron chi connectivity index (χ1n) is 24.3. The number of thiophene rings is 1. The van der Waals surface area contributed by atoms with Gasteiger partial charge in [0.25, 0.3) is 5.91 Å². The second-order valence-corrected chi connectivity index (χ2v) is 22.6. The molecular formula is C53H59ClN10O7S2. The number of rotatable bonds is 15. The summed E-state index contributed by atoms with van der Waals surface area (Å²) in [6.45, 7) is 14.9.